The van der Waals surface area contributed by atoms with Crippen LogP contribution in [0.1, 0.15) is 20.7 Å². The molecule has 29 heavy (non-hydrogen) atoms. The molecule has 8 nitrogen and oxygen atoms in total. The molecule has 8 heteroatoms. The minimum atomic E-state index is -0.338. The van der Waals surface area contributed by atoms with Crippen molar-refractivity contribution in [2.75, 3.05) is 12.4 Å². The summed E-state index contributed by atoms with van der Waals surface area (Å²) in [7, 11) is 1.54. The second kappa shape index (κ2) is 7.81. The van der Waals surface area contributed by atoms with Gasteiger partial charge in [-0.15, -0.1) is 10.2 Å². The van der Waals surface area contributed by atoms with E-state index in [1.54, 1.807) is 54.6 Å². The van der Waals surface area contributed by atoms with Gasteiger partial charge in [-0.1, -0.05) is 12.1 Å². The van der Waals surface area contributed by atoms with E-state index in [1.165, 1.54) is 19.4 Å². The second-order valence-electron chi connectivity index (χ2n) is 6.08. The minimum absolute atomic E-state index is 0.259. The molecule has 0 spiro atoms. The van der Waals surface area contributed by atoms with E-state index in [4.69, 9.17) is 8.83 Å². The van der Waals surface area contributed by atoms with Crippen molar-refractivity contribution in [3.63, 3.8) is 0 Å². The number of nitrogens with zero attached hydrogens (tertiary/aromatic N) is 2. The van der Waals surface area contributed by atoms with E-state index < -0.39 is 0 Å². The minimum Gasteiger partial charge on any atom is -0.459 e. The second-order valence-corrected chi connectivity index (χ2v) is 6.08. The Morgan fingerprint density at radius 1 is 0.862 bits per heavy atom. The van der Waals surface area contributed by atoms with Gasteiger partial charge in [0.05, 0.1) is 6.26 Å². The summed E-state index contributed by atoms with van der Waals surface area (Å²) in [6.45, 7) is 0. The average Bonchev–Trinajstić information content (AvgIpc) is 3.45. The van der Waals surface area contributed by atoms with Crippen LogP contribution in [0.3, 0.4) is 0 Å². The Balaban J connectivity index is 1.54. The molecule has 0 unspecified atom stereocenters. The maximum absolute atomic E-state index is 12.6. The fourth-order valence-corrected chi connectivity index (χ4v) is 2.72. The maximum Gasteiger partial charge on any atom is 0.283 e. The van der Waals surface area contributed by atoms with Crippen molar-refractivity contribution in [2.45, 2.75) is 0 Å². The van der Waals surface area contributed by atoms with Crippen LogP contribution in [0.15, 0.2) is 75.8 Å². The van der Waals surface area contributed by atoms with Crippen LogP contribution >= 0.6 is 0 Å². The lowest BCUT2D eigenvalue weighted by Crippen LogP contribution is -2.19. The maximum atomic E-state index is 12.6. The molecule has 0 radical (unpaired) electrons. The van der Waals surface area contributed by atoms with Crippen molar-refractivity contribution in [1.82, 2.24) is 15.5 Å². The fourth-order valence-electron chi connectivity index (χ4n) is 2.72. The summed E-state index contributed by atoms with van der Waals surface area (Å²) in [5, 5.41) is 13.3. The molecule has 0 atom stereocenters. The van der Waals surface area contributed by atoms with E-state index in [2.05, 4.69) is 20.8 Å². The van der Waals surface area contributed by atoms with Crippen LogP contribution in [0, 0.1) is 0 Å². The zero-order chi connectivity index (χ0) is 20.2. The smallest absolute Gasteiger partial charge is 0.283 e. The summed E-state index contributed by atoms with van der Waals surface area (Å²) < 4.78 is 10.9. The van der Waals surface area contributed by atoms with E-state index in [0.29, 0.717) is 34.0 Å². The Morgan fingerprint density at radius 3 is 2.38 bits per heavy atom. The molecule has 2 aromatic carbocycles. The van der Waals surface area contributed by atoms with Crippen molar-refractivity contribution in [3.8, 4) is 23.1 Å². The lowest BCUT2D eigenvalue weighted by molar-refractivity contribution is 0.0963. The van der Waals surface area contributed by atoms with Crippen LogP contribution in [-0.2, 0) is 0 Å². The highest BCUT2D eigenvalue weighted by molar-refractivity contribution is 6.06. The summed E-state index contributed by atoms with van der Waals surface area (Å²) in [5.41, 5.74) is 1.97. The van der Waals surface area contributed by atoms with E-state index in [9.17, 15) is 9.59 Å². The number of benzene rings is 2. The van der Waals surface area contributed by atoms with Crippen LogP contribution in [0.4, 0.5) is 5.69 Å². The number of hydrogen-bond acceptors (Lipinski definition) is 6. The molecule has 2 N–H and O–H groups in total. The monoisotopic (exact) mass is 388 g/mol. The zero-order valence-electron chi connectivity index (χ0n) is 15.4. The third-order valence-electron chi connectivity index (χ3n) is 4.14. The highest BCUT2D eigenvalue weighted by Crippen LogP contribution is 2.26. The molecule has 0 aliphatic rings. The van der Waals surface area contributed by atoms with Gasteiger partial charge in [0.15, 0.2) is 5.76 Å². The summed E-state index contributed by atoms with van der Waals surface area (Å²) >= 11 is 0. The first-order chi connectivity index (χ1) is 14.1. The van der Waals surface area contributed by atoms with Crippen LogP contribution in [0.5, 0.6) is 0 Å². The van der Waals surface area contributed by atoms with E-state index in [-0.39, 0.29) is 17.7 Å². The fraction of sp³-hybridized carbons (Fsp3) is 0.0476. The number of rotatable bonds is 5. The predicted molar refractivity (Wildman–Crippen MR) is 105 cm³/mol. The first-order valence-corrected chi connectivity index (χ1v) is 8.75. The molecule has 0 fully saturated rings. The molecular formula is C21H16N4O4. The quantitative estimate of drug-likeness (QED) is 0.540. The number of carbonyl (C=O) groups is 2. The van der Waals surface area contributed by atoms with Gasteiger partial charge < -0.3 is 19.5 Å². The van der Waals surface area contributed by atoms with Crippen molar-refractivity contribution < 1.29 is 18.4 Å². The topological polar surface area (TPSA) is 110 Å². The van der Waals surface area contributed by atoms with Crippen molar-refractivity contribution in [1.29, 1.82) is 0 Å². The van der Waals surface area contributed by atoms with Gasteiger partial charge in [0.2, 0.25) is 5.89 Å². The molecule has 2 amide bonds. The first-order valence-electron chi connectivity index (χ1n) is 8.75. The number of amides is 2. The van der Waals surface area contributed by atoms with Crippen molar-refractivity contribution >= 4 is 17.5 Å². The van der Waals surface area contributed by atoms with Gasteiger partial charge in [0.1, 0.15) is 0 Å². The first kappa shape index (κ1) is 18.2. The lowest BCUT2D eigenvalue weighted by Gasteiger charge is -2.07. The summed E-state index contributed by atoms with van der Waals surface area (Å²) in [4.78, 5) is 24.3. The number of hydrogen-bond donors (Lipinski definition) is 2. The molecule has 0 saturated heterocycles. The Bertz CT molecular complexity index is 1160. The van der Waals surface area contributed by atoms with Gasteiger partial charge in [0, 0.05) is 29.4 Å². The van der Waals surface area contributed by atoms with E-state index >= 15 is 0 Å². The number of carbonyl (C=O) groups excluding carboxylic acids is 2. The van der Waals surface area contributed by atoms with E-state index in [1.807, 2.05) is 0 Å². The van der Waals surface area contributed by atoms with Gasteiger partial charge in [-0.25, -0.2) is 0 Å². The third kappa shape index (κ3) is 3.91. The van der Waals surface area contributed by atoms with Crippen LogP contribution in [0.25, 0.3) is 23.1 Å². The van der Waals surface area contributed by atoms with Crippen molar-refractivity contribution in [2.24, 2.45) is 0 Å². The average molecular weight is 388 g/mol. The summed E-state index contributed by atoms with van der Waals surface area (Å²) in [6, 6.07) is 16.9. The molecule has 0 bridgehead atoms. The Labute approximate surface area is 165 Å². The third-order valence-corrected chi connectivity index (χ3v) is 4.14. The highest BCUT2D eigenvalue weighted by Gasteiger charge is 2.14. The van der Waals surface area contributed by atoms with Gasteiger partial charge >= 0.3 is 0 Å². The van der Waals surface area contributed by atoms with Gasteiger partial charge in [-0.2, -0.15) is 0 Å². The molecule has 0 aliphatic heterocycles. The molecule has 144 valence electrons. The number of aromatic nitrogens is 2. The molecule has 0 saturated carbocycles. The van der Waals surface area contributed by atoms with E-state index in [0.717, 1.165) is 0 Å². The highest BCUT2D eigenvalue weighted by atomic mass is 16.4. The van der Waals surface area contributed by atoms with Gasteiger partial charge in [-0.3, -0.25) is 9.59 Å². The molecule has 2 heterocycles. The van der Waals surface area contributed by atoms with Crippen molar-refractivity contribution in [3.05, 3.63) is 78.1 Å². The number of nitrogens with one attached hydrogen (secondary N) is 2. The SMILES string of the molecule is CNC(=O)c1cccc(C(=O)Nc2cccc(-c3nnc(-c4ccco4)o3)c2)c1. The Morgan fingerprint density at radius 2 is 1.62 bits per heavy atom. The molecule has 4 aromatic rings. The standard InChI is InChI=1S/C21H16N4O4/c1-22-18(26)13-5-2-6-14(11-13)19(27)23-16-8-3-7-15(12-16)20-24-25-21(29-20)17-9-4-10-28-17/h2-12H,1H3,(H,22,26)(H,23,27). The summed E-state index contributed by atoms with van der Waals surface area (Å²) in [5.74, 6) is 0.448. The zero-order valence-corrected chi connectivity index (χ0v) is 15.4. The number of anilines is 1. The largest absolute Gasteiger partial charge is 0.459 e. The lowest BCUT2D eigenvalue weighted by atomic mass is 10.1. The van der Waals surface area contributed by atoms with Crippen LogP contribution in [-0.4, -0.2) is 29.1 Å². The molecular weight excluding hydrogens is 372 g/mol. The Hall–Kier alpha value is -4.20. The van der Waals surface area contributed by atoms with Gasteiger partial charge in [-0.05, 0) is 48.5 Å². The van der Waals surface area contributed by atoms with Gasteiger partial charge in [0.25, 0.3) is 17.7 Å². The number of furan rings is 1. The molecule has 2 aromatic heterocycles. The predicted octanol–water partition coefficient (Wildman–Crippen LogP) is 3.61. The summed E-state index contributed by atoms with van der Waals surface area (Å²) in [6.07, 6.45) is 1.52. The van der Waals surface area contributed by atoms with Crippen LogP contribution < -0.4 is 10.6 Å². The normalized spacial score (nSPS) is 10.5. The van der Waals surface area contributed by atoms with Crippen LogP contribution in [0.2, 0.25) is 0 Å². The Kier molecular flexibility index (Phi) is 4.90. The molecule has 0 aliphatic carbocycles. The molecule has 4 rings (SSSR count).